The van der Waals surface area contributed by atoms with Gasteiger partial charge >= 0.3 is 0 Å². The summed E-state index contributed by atoms with van der Waals surface area (Å²) in [6.45, 7) is 2.47. The Hall–Kier alpha value is -1.74. The van der Waals surface area contributed by atoms with Crippen LogP contribution < -0.4 is 5.32 Å². The third kappa shape index (κ3) is 4.64. The third-order valence-corrected chi connectivity index (χ3v) is 3.59. The Balaban J connectivity index is 2.07. The van der Waals surface area contributed by atoms with Gasteiger partial charge in [-0.25, -0.2) is 8.78 Å². The van der Waals surface area contributed by atoms with Crippen molar-refractivity contribution in [3.63, 3.8) is 0 Å². The Morgan fingerprint density at radius 2 is 1.81 bits per heavy atom. The molecular formula is C18H21F2N. The maximum Gasteiger partial charge on any atom is 0.127 e. The molecule has 0 bridgehead atoms. The van der Waals surface area contributed by atoms with E-state index < -0.39 is 5.82 Å². The molecule has 1 N–H and O–H groups in total. The van der Waals surface area contributed by atoms with Gasteiger partial charge in [0.15, 0.2) is 0 Å². The molecule has 0 saturated heterocycles. The minimum Gasteiger partial charge on any atom is -0.306 e. The Kier molecular flexibility index (Phi) is 5.88. The van der Waals surface area contributed by atoms with Crippen molar-refractivity contribution in [3.8, 4) is 0 Å². The lowest BCUT2D eigenvalue weighted by molar-refractivity contribution is 0.470. The molecule has 0 amide bonds. The van der Waals surface area contributed by atoms with Crippen molar-refractivity contribution in [2.24, 2.45) is 0 Å². The van der Waals surface area contributed by atoms with Crippen LogP contribution in [0.5, 0.6) is 0 Å². The van der Waals surface area contributed by atoms with Crippen molar-refractivity contribution >= 4 is 0 Å². The molecule has 2 aromatic carbocycles. The van der Waals surface area contributed by atoms with Crippen LogP contribution in [-0.4, -0.2) is 0 Å². The van der Waals surface area contributed by atoms with Gasteiger partial charge in [-0.3, -0.25) is 0 Å². The summed E-state index contributed by atoms with van der Waals surface area (Å²) in [6.07, 6.45) is 3.19. The Morgan fingerprint density at radius 1 is 1.05 bits per heavy atom. The number of hydrogen-bond donors (Lipinski definition) is 1. The highest BCUT2D eigenvalue weighted by Crippen LogP contribution is 2.20. The molecule has 0 heterocycles. The SMILES string of the molecule is CCCCC(NCc1cc(F)ccc1F)c1ccccc1. The molecule has 0 radical (unpaired) electrons. The van der Waals surface area contributed by atoms with E-state index in [2.05, 4.69) is 24.4 Å². The highest BCUT2D eigenvalue weighted by atomic mass is 19.1. The second-order valence-corrected chi connectivity index (χ2v) is 5.22. The topological polar surface area (TPSA) is 12.0 Å². The molecule has 0 saturated carbocycles. The third-order valence-electron chi connectivity index (χ3n) is 3.59. The zero-order valence-corrected chi connectivity index (χ0v) is 12.3. The predicted octanol–water partition coefficient (Wildman–Crippen LogP) is 4.99. The fourth-order valence-electron chi connectivity index (χ4n) is 2.39. The Labute approximate surface area is 125 Å². The molecule has 3 heteroatoms. The largest absolute Gasteiger partial charge is 0.306 e. The number of hydrogen-bond acceptors (Lipinski definition) is 1. The summed E-state index contributed by atoms with van der Waals surface area (Å²) in [4.78, 5) is 0. The van der Waals surface area contributed by atoms with Gasteiger partial charge in [0.25, 0.3) is 0 Å². The smallest absolute Gasteiger partial charge is 0.127 e. The lowest BCUT2D eigenvalue weighted by Crippen LogP contribution is -2.21. The van der Waals surface area contributed by atoms with Crippen molar-refractivity contribution in [1.29, 1.82) is 0 Å². The number of benzene rings is 2. The quantitative estimate of drug-likeness (QED) is 0.757. The van der Waals surface area contributed by atoms with Crippen molar-refractivity contribution in [1.82, 2.24) is 5.32 Å². The van der Waals surface area contributed by atoms with Crippen LogP contribution in [0.3, 0.4) is 0 Å². The molecule has 0 spiro atoms. The van der Waals surface area contributed by atoms with E-state index in [0.717, 1.165) is 25.3 Å². The summed E-state index contributed by atoms with van der Waals surface area (Å²) in [7, 11) is 0. The number of nitrogens with one attached hydrogen (secondary N) is 1. The molecule has 0 aliphatic heterocycles. The number of rotatable bonds is 7. The van der Waals surface area contributed by atoms with E-state index in [1.807, 2.05) is 18.2 Å². The van der Waals surface area contributed by atoms with Crippen LogP contribution in [0.15, 0.2) is 48.5 Å². The molecule has 21 heavy (non-hydrogen) atoms. The average molecular weight is 289 g/mol. The Morgan fingerprint density at radius 3 is 2.52 bits per heavy atom. The minimum atomic E-state index is -0.405. The molecular weight excluding hydrogens is 268 g/mol. The van der Waals surface area contributed by atoms with Gasteiger partial charge < -0.3 is 5.32 Å². The molecule has 2 aromatic rings. The van der Waals surface area contributed by atoms with Crippen LogP contribution in [0.4, 0.5) is 8.78 Å². The second-order valence-electron chi connectivity index (χ2n) is 5.22. The first-order valence-electron chi connectivity index (χ1n) is 7.43. The zero-order chi connectivity index (χ0) is 15.1. The summed E-state index contributed by atoms with van der Waals surface area (Å²) < 4.78 is 26.9. The van der Waals surface area contributed by atoms with E-state index in [9.17, 15) is 8.78 Å². The molecule has 1 nitrogen and oxygen atoms in total. The van der Waals surface area contributed by atoms with E-state index in [0.29, 0.717) is 12.1 Å². The van der Waals surface area contributed by atoms with Crippen LogP contribution in [0, 0.1) is 11.6 Å². The first-order valence-corrected chi connectivity index (χ1v) is 7.43. The van der Waals surface area contributed by atoms with Crippen molar-refractivity contribution < 1.29 is 8.78 Å². The Bertz CT molecular complexity index is 554. The maximum absolute atomic E-state index is 13.7. The lowest BCUT2D eigenvalue weighted by atomic mass is 10.0. The minimum absolute atomic E-state index is 0.161. The zero-order valence-electron chi connectivity index (χ0n) is 12.3. The van der Waals surface area contributed by atoms with Gasteiger partial charge in [-0.1, -0.05) is 50.1 Å². The van der Waals surface area contributed by atoms with Crippen molar-refractivity contribution in [2.45, 2.75) is 38.8 Å². The van der Waals surface area contributed by atoms with Crippen molar-refractivity contribution in [2.75, 3.05) is 0 Å². The van der Waals surface area contributed by atoms with E-state index in [-0.39, 0.29) is 11.9 Å². The summed E-state index contributed by atoms with van der Waals surface area (Å²) in [5, 5.41) is 3.35. The molecule has 1 atom stereocenters. The van der Waals surface area contributed by atoms with Gasteiger partial charge in [0.1, 0.15) is 11.6 Å². The van der Waals surface area contributed by atoms with Crippen LogP contribution >= 0.6 is 0 Å². The van der Waals surface area contributed by atoms with E-state index in [1.54, 1.807) is 0 Å². The fourth-order valence-corrected chi connectivity index (χ4v) is 2.39. The summed E-state index contributed by atoms with van der Waals surface area (Å²) >= 11 is 0. The highest BCUT2D eigenvalue weighted by Gasteiger charge is 2.12. The van der Waals surface area contributed by atoms with E-state index in [4.69, 9.17) is 0 Å². The standard InChI is InChI=1S/C18H21F2N/c1-2-3-9-18(14-7-5-4-6-8-14)21-13-15-12-16(19)10-11-17(15)20/h4-8,10-12,18,21H,2-3,9,13H2,1H3. The number of unbranched alkanes of at least 4 members (excludes halogenated alkanes) is 1. The van der Waals surface area contributed by atoms with Gasteiger partial charge in [-0.05, 0) is 30.2 Å². The molecule has 2 rings (SSSR count). The van der Waals surface area contributed by atoms with Gasteiger partial charge in [-0.15, -0.1) is 0 Å². The lowest BCUT2D eigenvalue weighted by Gasteiger charge is -2.19. The van der Waals surface area contributed by atoms with Crippen LogP contribution in [0.2, 0.25) is 0 Å². The van der Waals surface area contributed by atoms with E-state index >= 15 is 0 Å². The molecule has 1 unspecified atom stereocenters. The first kappa shape index (κ1) is 15.6. The molecule has 0 aromatic heterocycles. The second kappa shape index (κ2) is 7.89. The summed E-state index contributed by atoms with van der Waals surface area (Å²) in [5.74, 6) is -0.774. The van der Waals surface area contributed by atoms with Gasteiger partial charge in [0.05, 0.1) is 0 Å². The van der Waals surface area contributed by atoms with Gasteiger partial charge in [0.2, 0.25) is 0 Å². The van der Waals surface area contributed by atoms with Gasteiger partial charge in [-0.2, -0.15) is 0 Å². The van der Waals surface area contributed by atoms with Gasteiger partial charge in [0, 0.05) is 18.2 Å². The normalized spacial score (nSPS) is 12.3. The molecule has 0 fully saturated rings. The van der Waals surface area contributed by atoms with E-state index in [1.165, 1.54) is 17.7 Å². The summed E-state index contributed by atoms with van der Waals surface area (Å²) in [6, 6.07) is 13.8. The van der Waals surface area contributed by atoms with Crippen LogP contribution in [0.25, 0.3) is 0 Å². The fraction of sp³-hybridized carbons (Fsp3) is 0.333. The molecule has 0 aliphatic carbocycles. The molecule has 112 valence electrons. The van der Waals surface area contributed by atoms with Crippen LogP contribution in [0.1, 0.15) is 43.4 Å². The van der Waals surface area contributed by atoms with Crippen molar-refractivity contribution in [3.05, 3.63) is 71.3 Å². The highest BCUT2D eigenvalue weighted by molar-refractivity contribution is 5.21. The average Bonchev–Trinajstić information content (AvgIpc) is 2.51. The molecule has 0 aliphatic rings. The van der Waals surface area contributed by atoms with Crippen LogP contribution in [-0.2, 0) is 6.54 Å². The number of halogens is 2. The predicted molar refractivity (Wildman–Crippen MR) is 81.9 cm³/mol. The first-order chi connectivity index (χ1) is 10.2. The summed E-state index contributed by atoms with van der Waals surface area (Å²) in [5.41, 5.74) is 1.55. The maximum atomic E-state index is 13.7. The monoisotopic (exact) mass is 289 g/mol.